The maximum absolute atomic E-state index is 10.6. The highest BCUT2D eigenvalue weighted by atomic mass is 32.2. The number of benzene rings is 1. The zero-order valence-electron chi connectivity index (χ0n) is 21.0. The molecule has 0 radical (unpaired) electrons. The molecule has 0 bridgehead atoms. The van der Waals surface area contributed by atoms with Crippen LogP contribution < -0.4 is 9.47 Å². The minimum atomic E-state index is -0.388. The van der Waals surface area contributed by atoms with Crippen molar-refractivity contribution < 1.29 is 9.47 Å². The predicted molar refractivity (Wildman–Crippen MR) is 151 cm³/mol. The molecule has 0 spiro atoms. The number of hydrogen-bond donors (Lipinski definition) is 0. The van der Waals surface area contributed by atoms with Crippen molar-refractivity contribution in [3.05, 3.63) is 94.8 Å². The summed E-state index contributed by atoms with van der Waals surface area (Å²) in [6.07, 6.45) is 4.02. The van der Waals surface area contributed by atoms with Gasteiger partial charge in [0.25, 0.3) is 0 Å². The van der Waals surface area contributed by atoms with Crippen molar-refractivity contribution >= 4 is 34.6 Å². The van der Waals surface area contributed by atoms with Gasteiger partial charge in [-0.15, -0.1) is 23.5 Å². The fourth-order valence-corrected chi connectivity index (χ4v) is 7.08. The van der Waals surface area contributed by atoms with Crippen molar-refractivity contribution in [1.29, 1.82) is 10.5 Å². The molecule has 8 heteroatoms. The Morgan fingerprint density at radius 1 is 0.789 bits per heavy atom. The second-order valence-corrected chi connectivity index (χ2v) is 11.2. The minimum Gasteiger partial charge on any atom is -0.454 e. The zero-order chi connectivity index (χ0) is 26.2. The third-order valence-electron chi connectivity index (χ3n) is 6.77. The first-order chi connectivity index (χ1) is 18.7. The molecule has 188 valence electrons. The van der Waals surface area contributed by atoms with Crippen molar-refractivity contribution in [1.82, 2.24) is 8.80 Å². The Hall–Kier alpha value is -3.98. The third-order valence-corrected chi connectivity index (χ3v) is 8.69. The van der Waals surface area contributed by atoms with Gasteiger partial charge in [0.2, 0.25) is 6.79 Å². The largest absolute Gasteiger partial charge is 0.454 e. The van der Waals surface area contributed by atoms with E-state index < -0.39 is 0 Å². The lowest BCUT2D eigenvalue weighted by molar-refractivity contribution is 0.174. The van der Waals surface area contributed by atoms with Crippen molar-refractivity contribution in [2.24, 2.45) is 0 Å². The molecule has 38 heavy (non-hydrogen) atoms. The average molecular weight is 537 g/mol. The number of pyridine rings is 2. The molecular weight excluding hydrogens is 512 g/mol. The fraction of sp³-hybridized carbons (Fsp3) is 0.200. The molecule has 5 heterocycles. The summed E-state index contributed by atoms with van der Waals surface area (Å²) in [5.41, 5.74) is 5.89. The van der Waals surface area contributed by atoms with Gasteiger partial charge < -0.3 is 18.3 Å². The van der Waals surface area contributed by atoms with Crippen LogP contribution in [0.15, 0.2) is 77.0 Å². The van der Waals surface area contributed by atoms with Crippen LogP contribution in [0.5, 0.6) is 11.5 Å². The highest BCUT2D eigenvalue weighted by Gasteiger charge is 2.34. The summed E-state index contributed by atoms with van der Waals surface area (Å²) < 4.78 is 15.6. The van der Waals surface area contributed by atoms with Crippen LogP contribution in [0.3, 0.4) is 0 Å². The first-order valence-electron chi connectivity index (χ1n) is 12.4. The Morgan fingerprint density at radius 2 is 1.34 bits per heavy atom. The molecule has 0 atom stereocenters. The Morgan fingerprint density at radius 3 is 1.87 bits per heavy atom. The van der Waals surface area contributed by atoms with Crippen LogP contribution in [-0.2, 0) is 0 Å². The first kappa shape index (κ1) is 24.4. The van der Waals surface area contributed by atoms with Crippen LogP contribution in [0.2, 0.25) is 0 Å². The van der Waals surface area contributed by atoms with E-state index in [1.54, 1.807) is 23.5 Å². The van der Waals surface area contributed by atoms with Gasteiger partial charge in [-0.05, 0) is 53.5 Å². The maximum Gasteiger partial charge on any atom is 0.231 e. The van der Waals surface area contributed by atoms with E-state index >= 15 is 0 Å². The highest BCUT2D eigenvalue weighted by Crippen LogP contribution is 2.48. The van der Waals surface area contributed by atoms with Crippen LogP contribution in [-0.4, -0.2) is 27.1 Å². The summed E-state index contributed by atoms with van der Waals surface area (Å²) in [7, 11) is 0. The number of nitriles is 2. The van der Waals surface area contributed by atoms with Crippen molar-refractivity contribution in [2.45, 2.75) is 29.8 Å². The van der Waals surface area contributed by atoms with E-state index in [9.17, 15) is 10.5 Å². The van der Waals surface area contributed by atoms with Gasteiger partial charge in [0.1, 0.15) is 12.1 Å². The molecular formula is C30H24N4O2S2. The lowest BCUT2D eigenvalue weighted by Gasteiger charge is -2.19. The van der Waals surface area contributed by atoms with Crippen LogP contribution in [0.4, 0.5) is 0 Å². The van der Waals surface area contributed by atoms with Gasteiger partial charge in [0.05, 0.1) is 32.2 Å². The molecule has 6 nitrogen and oxygen atoms in total. The Kier molecular flexibility index (Phi) is 6.45. The van der Waals surface area contributed by atoms with E-state index in [4.69, 9.17) is 9.47 Å². The van der Waals surface area contributed by atoms with Gasteiger partial charge in [-0.3, -0.25) is 0 Å². The summed E-state index contributed by atoms with van der Waals surface area (Å²) in [6.45, 7) is 4.36. The number of nitrogens with zero attached hydrogens (tertiary/aromatic N) is 4. The van der Waals surface area contributed by atoms with Crippen LogP contribution in [0, 0.1) is 22.7 Å². The SMILES string of the molecule is CCSc1c(C#N)c(C(c2ccc3c(c2)OCO3)c2c(C#N)c(SCC)n3ccccc23)c2ccccn12. The Bertz CT molecular complexity index is 1670. The Labute approximate surface area is 229 Å². The number of rotatable bonds is 7. The van der Waals surface area contributed by atoms with Gasteiger partial charge in [0, 0.05) is 29.4 Å². The zero-order valence-corrected chi connectivity index (χ0v) is 22.6. The van der Waals surface area contributed by atoms with E-state index in [0.29, 0.717) is 22.6 Å². The topological polar surface area (TPSA) is 74.9 Å². The standard InChI is InChI=1S/C30H24N4O2S2/c1-3-37-29-20(16-31)27(22-9-5-7-13-33(22)29)26(19-11-12-24-25(15-19)36-18-35-24)28-21(17-32)30(38-4-2)34-14-8-6-10-23(28)34/h5-15,26H,3-4,18H2,1-2H3. The van der Waals surface area contributed by atoms with Crippen LogP contribution >= 0.6 is 23.5 Å². The molecule has 1 aliphatic rings. The normalized spacial score (nSPS) is 12.3. The molecule has 0 unspecified atom stereocenters. The van der Waals surface area contributed by atoms with Gasteiger partial charge in [0.15, 0.2) is 11.5 Å². The van der Waals surface area contributed by atoms with Crippen molar-refractivity contribution in [3.63, 3.8) is 0 Å². The lowest BCUT2D eigenvalue weighted by Crippen LogP contribution is -2.07. The van der Waals surface area contributed by atoms with Gasteiger partial charge >= 0.3 is 0 Å². The quantitative estimate of drug-likeness (QED) is 0.207. The molecule has 0 aliphatic carbocycles. The van der Waals surface area contributed by atoms with E-state index in [1.807, 2.05) is 54.9 Å². The molecule has 6 rings (SSSR count). The molecule has 0 N–H and O–H groups in total. The van der Waals surface area contributed by atoms with Gasteiger partial charge in [-0.25, -0.2) is 0 Å². The Balaban J connectivity index is 1.76. The molecule has 1 aliphatic heterocycles. The smallest absolute Gasteiger partial charge is 0.231 e. The number of thioether (sulfide) groups is 2. The molecule has 0 saturated carbocycles. The lowest BCUT2D eigenvalue weighted by atomic mass is 9.82. The summed E-state index contributed by atoms with van der Waals surface area (Å²) in [5, 5.41) is 22.9. The highest BCUT2D eigenvalue weighted by molar-refractivity contribution is 7.99. The van der Waals surface area contributed by atoms with Gasteiger partial charge in [-0.1, -0.05) is 32.0 Å². The number of fused-ring (bicyclic) bond motifs is 3. The van der Waals surface area contributed by atoms with Crippen LogP contribution in [0.25, 0.3) is 11.0 Å². The summed E-state index contributed by atoms with van der Waals surface area (Å²) in [6, 6.07) is 23.1. The first-order valence-corrected chi connectivity index (χ1v) is 14.4. The summed E-state index contributed by atoms with van der Waals surface area (Å²) in [5.74, 6) is 2.64. The second-order valence-electron chi connectivity index (χ2n) is 8.73. The number of ether oxygens (including phenoxy) is 2. The number of hydrogen-bond acceptors (Lipinski definition) is 6. The third kappa shape index (κ3) is 3.72. The molecule has 0 fully saturated rings. The van der Waals surface area contributed by atoms with E-state index in [1.165, 1.54) is 0 Å². The molecule has 1 aromatic carbocycles. The molecule has 5 aromatic rings. The van der Waals surface area contributed by atoms with Crippen molar-refractivity contribution in [3.8, 4) is 23.6 Å². The van der Waals surface area contributed by atoms with Gasteiger partial charge in [-0.2, -0.15) is 10.5 Å². The van der Waals surface area contributed by atoms with E-state index in [-0.39, 0.29) is 12.7 Å². The predicted octanol–water partition coefficient (Wildman–Crippen LogP) is 7.07. The van der Waals surface area contributed by atoms with E-state index in [0.717, 1.165) is 49.3 Å². The maximum atomic E-state index is 10.6. The fourth-order valence-electron chi connectivity index (χ4n) is 5.33. The van der Waals surface area contributed by atoms with E-state index in [2.05, 4.69) is 46.9 Å². The van der Waals surface area contributed by atoms with Crippen LogP contribution in [0.1, 0.15) is 47.6 Å². The number of aromatic nitrogens is 2. The van der Waals surface area contributed by atoms with Crippen molar-refractivity contribution in [2.75, 3.05) is 18.3 Å². The second kappa shape index (κ2) is 10.1. The summed E-state index contributed by atoms with van der Waals surface area (Å²) in [4.78, 5) is 0. The average Bonchev–Trinajstić information content (AvgIpc) is 3.63. The molecule has 4 aromatic heterocycles. The minimum absolute atomic E-state index is 0.176. The summed E-state index contributed by atoms with van der Waals surface area (Å²) >= 11 is 3.31. The molecule has 0 saturated heterocycles. The molecule has 0 amide bonds. The monoisotopic (exact) mass is 536 g/mol.